The molecule has 0 saturated heterocycles. The molecule has 0 spiro atoms. The quantitative estimate of drug-likeness (QED) is 0.466. The third-order valence-electron chi connectivity index (χ3n) is 4.47. The van der Waals surface area contributed by atoms with Crippen molar-refractivity contribution < 1.29 is 9.53 Å². The van der Waals surface area contributed by atoms with Crippen LogP contribution in [-0.4, -0.2) is 23.0 Å². The summed E-state index contributed by atoms with van der Waals surface area (Å²) in [6.45, 7) is 0.662. The maximum absolute atomic E-state index is 11.6. The minimum absolute atomic E-state index is 0.370. The summed E-state index contributed by atoms with van der Waals surface area (Å²) in [7, 11) is 1.36. The van der Waals surface area contributed by atoms with Crippen molar-refractivity contribution in [1.29, 1.82) is 0 Å². The molecule has 0 unspecified atom stereocenters. The fourth-order valence-electron chi connectivity index (χ4n) is 2.99. The number of rotatable bonds is 6. The summed E-state index contributed by atoms with van der Waals surface area (Å²) in [5, 5.41) is 7.57. The lowest BCUT2D eigenvalue weighted by molar-refractivity contribution is 0.0601. The minimum atomic E-state index is -0.370. The summed E-state index contributed by atoms with van der Waals surface area (Å²) in [5.41, 5.74) is 3.28. The van der Waals surface area contributed by atoms with Crippen molar-refractivity contribution in [3.63, 3.8) is 0 Å². The number of hydrogen-bond donors (Lipinski definition) is 2. The Bertz CT molecular complexity index is 1130. The van der Waals surface area contributed by atoms with Crippen LogP contribution >= 0.6 is 0 Å². The number of esters is 1. The number of hydrogen-bond acceptors (Lipinski definition) is 6. The Kier molecular flexibility index (Phi) is 5.33. The summed E-state index contributed by atoms with van der Waals surface area (Å²) < 4.78 is 4.73. The van der Waals surface area contributed by atoms with Gasteiger partial charge in [0.1, 0.15) is 5.82 Å². The van der Waals surface area contributed by atoms with Gasteiger partial charge in [-0.05, 0) is 42.0 Å². The van der Waals surface area contributed by atoms with Crippen LogP contribution in [0.15, 0.2) is 78.9 Å². The number of nitrogens with one attached hydrogen (secondary N) is 2. The summed E-state index contributed by atoms with van der Waals surface area (Å²) in [5.74, 6) is 0.865. The van der Waals surface area contributed by atoms with Crippen molar-refractivity contribution in [3.05, 3.63) is 90.0 Å². The van der Waals surface area contributed by atoms with Crippen LogP contribution in [0, 0.1) is 0 Å². The van der Waals surface area contributed by atoms with Crippen LogP contribution in [0.25, 0.3) is 10.9 Å². The molecule has 0 fully saturated rings. The van der Waals surface area contributed by atoms with Gasteiger partial charge in [0.15, 0.2) is 0 Å². The number of benzene rings is 3. The fourth-order valence-corrected chi connectivity index (χ4v) is 2.99. The van der Waals surface area contributed by atoms with Gasteiger partial charge in [0.25, 0.3) is 0 Å². The molecule has 3 aromatic carbocycles. The smallest absolute Gasteiger partial charge is 0.337 e. The first-order chi connectivity index (χ1) is 14.2. The summed E-state index contributed by atoms with van der Waals surface area (Å²) in [4.78, 5) is 20.9. The molecule has 29 heavy (non-hydrogen) atoms. The average Bonchev–Trinajstić information content (AvgIpc) is 2.78. The van der Waals surface area contributed by atoms with Gasteiger partial charge in [-0.1, -0.05) is 42.5 Å². The molecule has 4 rings (SSSR count). The van der Waals surface area contributed by atoms with Gasteiger partial charge in [0.05, 0.1) is 18.2 Å². The second kappa shape index (κ2) is 8.39. The predicted molar refractivity (Wildman–Crippen MR) is 114 cm³/mol. The number of aromatic nitrogens is 2. The van der Waals surface area contributed by atoms with Crippen molar-refractivity contribution in [3.8, 4) is 0 Å². The summed E-state index contributed by atoms with van der Waals surface area (Å²) in [6.07, 6.45) is 0. The van der Waals surface area contributed by atoms with Gasteiger partial charge in [-0.3, -0.25) is 0 Å². The van der Waals surface area contributed by atoms with E-state index in [0.717, 1.165) is 22.4 Å². The maximum atomic E-state index is 11.6. The van der Waals surface area contributed by atoms with Crippen LogP contribution in [0.1, 0.15) is 15.9 Å². The van der Waals surface area contributed by atoms with Crippen molar-refractivity contribution in [2.24, 2.45) is 0 Å². The number of carbonyl (C=O) groups excluding carboxylic acids is 1. The molecule has 0 aliphatic heterocycles. The summed E-state index contributed by atoms with van der Waals surface area (Å²) >= 11 is 0. The van der Waals surface area contributed by atoms with E-state index in [-0.39, 0.29) is 5.97 Å². The van der Waals surface area contributed by atoms with Gasteiger partial charge in [-0.25, -0.2) is 9.78 Å². The monoisotopic (exact) mass is 384 g/mol. The number of ether oxygens (including phenoxy) is 1. The molecule has 1 heterocycles. The lowest BCUT2D eigenvalue weighted by Crippen LogP contribution is -2.06. The lowest BCUT2D eigenvalue weighted by atomic mass is 10.2. The molecule has 0 bridgehead atoms. The van der Waals surface area contributed by atoms with E-state index >= 15 is 0 Å². The molecule has 0 amide bonds. The molecule has 6 nitrogen and oxygen atoms in total. The Hall–Kier alpha value is -3.93. The lowest BCUT2D eigenvalue weighted by Gasteiger charge is -2.12. The van der Waals surface area contributed by atoms with Crippen LogP contribution in [0.2, 0.25) is 0 Å². The summed E-state index contributed by atoms with van der Waals surface area (Å²) in [6, 6.07) is 25.0. The number of para-hydroxylation sites is 1. The molecule has 6 heteroatoms. The number of methoxy groups -OCH3 is 1. The molecule has 0 saturated carbocycles. The third kappa shape index (κ3) is 4.32. The van der Waals surface area contributed by atoms with Crippen LogP contribution < -0.4 is 10.6 Å². The van der Waals surface area contributed by atoms with E-state index in [1.54, 1.807) is 24.3 Å². The zero-order valence-electron chi connectivity index (χ0n) is 15.9. The number of nitrogens with zero attached hydrogens (tertiary/aromatic N) is 2. The second-order valence-electron chi connectivity index (χ2n) is 6.45. The van der Waals surface area contributed by atoms with Crippen molar-refractivity contribution in [2.45, 2.75) is 6.54 Å². The maximum Gasteiger partial charge on any atom is 0.337 e. The third-order valence-corrected chi connectivity index (χ3v) is 4.47. The highest BCUT2D eigenvalue weighted by atomic mass is 16.5. The van der Waals surface area contributed by atoms with Gasteiger partial charge in [-0.15, -0.1) is 0 Å². The van der Waals surface area contributed by atoms with Gasteiger partial charge in [-0.2, -0.15) is 4.98 Å². The highest BCUT2D eigenvalue weighted by Crippen LogP contribution is 2.24. The van der Waals surface area contributed by atoms with Gasteiger partial charge < -0.3 is 15.4 Å². The number of anilines is 3. The topological polar surface area (TPSA) is 76.1 Å². The Morgan fingerprint density at radius 3 is 2.38 bits per heavy atom. The first kappa shape index (κ1) is 18.4. The zero-order chi connectivity index (χ0) is 20.1. The van der Waals surface area contributed by atoms with Gasteiger partial charge >= 0.3 is 5.97 Å². The van der Waals surface area contributed by atoms with E-state index in [2.05, 4.69) is 32.7 Å². The van der Waals surface area contributed by atoms with Gasteiger partial charge in [0, 0.05) is 17.6 Å². The SMILES string of the molecule is COC(=O)c1ccc(Nc2nc(NCc3ccccc3)c3ccccc3n2)cc1. The second-order valence-corrected chi connectivity index (χ2v) is 6.45. The molecule has 0 aliphatic rings. The van der Waals surface area contributed by atoms with E-state index in [9.17, 15) is 4.79 Å². The van der Waals surface area contributed by atoms with E-state index in [4.69, 9.17) is 4.74 Å². The highest BCUT2D eigenvalue weighted by Gasteiger charge is 2.09. The largest absolute Gasteiger partial charge is 0.465 e. The predicted octanol–water partition coefficient (Wildman–Crippen LogP) is 4.77. The zero-order valence-corrected chi connectivity index (χ0v) is 15.9. The minimum Gasteiger partial charge on any atom is -0.465 e. The van der Waals surface area contributed by atoms with Crippen molar-refractivity contribution in [1.82, 2.24) is 9.97 Å². The first-order valence-corrected chi connectivity index (χ1v) is 9.23. The molecular weight excluding hydrogens is 364 g/mol. The standard InChI is InChI=1S/C23H20N4O2/c1-29-22(28)17-11-13-18(14-12-17)25-23-26-20-10-6-5-9-19(20)21(27-23)24-15-16-7-3-2-4-8-16/h2-14H,15H2,1H3,(H2,24,25,26,27). The molecular formula is C23H20N4O2. The van der Waals surface area contributed by atoms with Crippen LogP contribution in [0.4, 0.5) is 17.5 Å². The molecule has 0 atom stereocenters. The van der Waals surface area contributed by atoms with E-state index < -0.39 is 0 Å². The number of carbonyl (C=O) groups is 1. The van der Waals surface area contributed by atoms with E-state index in [1.807, 2.05) is 42.5 Å². The molecule has 0 radical (unpaired) electrons. The molecule has 4 aromatic rings. The average molecular weight is 384 g/mol. The Labute approximate surface area is 168 Å². The molecule has 144 valence electrons. The molecule has 2 N–H and O–H groups in total. The normalized spacial score (nSPS) is 10.5. The number of fused-ring (bicyclic) bond motifs is 1. The van der Waals surface area contributed by atoms with Crippen molar-refractivity contribution >= 4 is 34.3 Å². The van der Waals surface area contributed by atoms with E-state index in [0.29, 0.717) is 18.1 Å². The van der Waals surface area contributed by atoms with Crippen LogP contribution in [0.5, 0.6) is 0 Å². The fraction of sp³-hybridized carbons (Fsp3) is 0.0870. The van der Waals surface area contributed by atoms with E-state index in [1.165, 1.54) is 12.7 Å². The Morgan fingerprint density at radius 1 is 0.897 bits per heavy atom. The first-order valence-electron chi connectivity index (χ1n) is 9.23. The van der Waals surface area contributed by atoms with Crippen LogP contribution in [0.3, 0.4) is 0 Å². The van der Waals surface area contributed by atoms with Crippen LogP contribution in [-0.2, 0) is 11.3 Å². The Balaban J connectivity index is 1.60. The van der Waals surface area contributed by atoms with Gasteiger partial charge in [0.2, 0.25) is 5.95 Å². The highest BCUT2D eigenvalue weighted by molar-refractivity contribution is 5.91. The van der Waals surface area contributed by atoms with Crippen molar-refractivity contribution in [2.75, 3.05) is 17.7 Å². The molecule has 0 aliphatic carbocycles. The Morgan fingerprint density at radius 2 is 1.62 bits per heavy atom. The molecule has 1 aromatic heterocycles.